The maximum atomic E-state index is 11.3. The summed E-state index contributed by atoms with van der Waals surface area (Å²) in [6, 6.07) is 3.47. The maximum absolute atomic E-state index is 11.3. The van der Waals surface area contributed by atoms with Gasteiger partial charge in [0.1, 0.15) is 0 Å². The molecule has 0 spiro atoms. The van der Waals surface area contributed by atoms with Crippen molar-refractivity contribution in [2.24, 2.45) is 0 Å². The van der Waals surface area contributed by atoms with Gasteiger partial charge in [-0.05, 0) is 37.1 Å². The first-order valence-electron chi connectivity index (χ1n) is 4.01. The molecule has 0 heterocycles. The number of nitrogens with two attached hydrogens (primary N) is 1. The Labute approximate surface area is 77.5 Å². The number of nitrogen functional groups attached to an aromatic ring is 1. The van der Waals surface area contributed by atoms with Gasteiger partial charge >= 0.3 is 5.97 Å². The average molecular weight is 179 g/mol. The normalized spacial score (nSPS) is 9.77. The lowest BCUT2D eigenvalue weighted by molar-refractivity contribution is 0.0600. The molecule has 0 radical (unpaired) electrons. The Hall–Kier alpha value is -1.51. The smallest absolute Gasteiger partial charge is 0.338 e. The van der Waals surface area contributed by atoms with Gasteiger partial charge in [-0.25, -0.2) is 4.79 Å². The summed E-state index contributed by atoms with van der Waals surface area (Å²) in [4.78, 5) is 11.3. The molecule has 1 rings (SSSR count). The molecular weight excluding hydrogens is 166 g/mol. The third-order valence-electron chi connectivity index (χ3n) is 2.09. The zero-order valence-electron chi connectivity index (χ0n) is 8.05. The standard InChI is InChI=1S/C10H13NO2/c1-6-4-8(11)5-9(7(6)2)10(12)13-3/h4-5H,11H2,1-3H3. The van der Waals surface area contributed by atoms with E-state index < -0.39 is 0 Å². The van der Waals surface area contributed by atoms with Gasteiger partial charge in [0.2, 0.25) is 0 Å². The summed E-state index contributed by atoms with van der Waals surface area (Å²) in [6.45, 7) is 3.79. The van der Waals surface area contributed by atoms with Crippen molar-refractivity contribution in [1.82, 2.24) is 0 Å². The van der Waals surface area contributed by atoms with Crippen LogP contribution in [-0.2, 0) is 4.74 Å². The minimum atomic E-state index is -0.340. The summed E-state index contributed by atoms with van der Waals surface area (Å²) in [5.74, 6) is -0.340. The first-order chi connectivity index (χ1) is 6.06. The molecule has 0 aliphatic rings. The first kappa shape index (κ1) is 9.58. The van der Waals surface area contributed by atoms with Crippen LogP contribution in [0.15, 0.2) is 12.1 Å². The van der Waals surface area contributed by atoms with Crippen LogP contribution in [0.25, 0.3) is 0 Å². The number of hydrogen-bond acceptors (Lipinski definition) is 3. The summed E-state index contributed by atoms with van der Waals surface area (Å²) in [7, 11) is 1.36. The molecule has 0 saturated carbocycles. The summed E-state index contributed by atoms with van der Waals surface area (Å²) in [6.07, 6.45) is 0. The van der Waals surface area contributed by atoms with E-state index in [0.717, 1.165) is 11.1 Å². The molecule has 0 bridgehead atoms. The van der Waals surface area contributed by atoms with Gasteiger partial charge in [0.05, 0.1) is 12.7 Å². The fourth-order valence-corrected chi connectivity index (χ4v) is 1.21. The van der Waals surface area contributed by atoms with Crippen LogP contribution in [0.3, 0.4) is 0 Å². The summed E-state index contributed by atoms with van der Waals surface area (Å²) < 4.78 is 4.63. The highest BCUT2D eigenvalue weighted by Crippen LogP contribution is 2.18. The first-order valence-corrected chi connectivity index (χ1v) is 4.01. The van der Waals surface area contributed by atoms with Gasteiger partial charge in [-0.1, -0.05) is 0 Å². The molecule has 0 aliphatic carbocycles. The minimum Gasteiger partial charge on any atom is -0.465 e. The molecule has 0 unspecified atom stereocenters. The fourth-order valence-electron chi connectivity index (χ4n) is 1.21. The quantitative estimate of drug-likeness (QED) is 0.527. The second-order valence-corrected chi connectivity index (χ2v) is 3.00. The van der Waals surface area contributed by atoms with E-state index in [2.05, 4.69) is 4.74 Å². The SMILES string of the molecule is COC(=O)c1cc(N)cc(C)c1C. The molecule has 1 aromatic carbocycles. The Bertz CT molecular complexity index is 345. The van der Waals surface area contributed by atoms with Gasteiger partial charge in [-0.2, -0.15) is 0 Å². The lowest BCUT2D eigenvalue weighted by Gasteiger charge is -2.07. The maximum Gasteiger partial charge on any atom is 0.338 e. The highest BCUT2D eigenvalue weighted by Gasteiger charge is 2.10. The van der Waals surface area contributed by atoms with Gasteiger partial charge in [0.15, 0.2) is 0 Å². The molecule has 0 aromatic heterocycles. The predicted molar refractivity (Wildman–Crippen MR) is 51.7 cm³/mol. The van der Waals surface area contributed by atoms with E-state index in [-0.39, 0.29) is 5.97 Å². The van der Waals surface area contributed by atoms with Crippen molar-refractivity contribution in [2.45, 2.75) is 13.8 Å². The Kier molecular flexibility index (Phi) is 2.56. The second kappa shape index (κ2) is 3.47. The van der Waals surface area contributed by atoms with Crippen LogP contribution in [0.4, 0.5) is 5.69 Å². The van der Waals surface area contributed by atoms with E-state index in [1.165, 1.54) is 7.11 Å². The lowest BCUT2D eigenvalue weighted by Crippen LogP contribution is -2.06. The van der Waals surface area contributed by atoms with E-state index >= 15 is 0 Å². The average Bonchev–Trinajstić information content (AvgIpc) is 2.10. The summed E-state index contributed by atoms with van der Waals surface area (Å²) in [5, 5.41) is 0. The zero-order valence-corrected chi connectivity index (χ0v) is 8.05. The minimum absolute atomic E-state index is 0.340. The van der Waals surface area contributed by atoms with Gasteiger partial charge in [0, 0.05) is 5.69 Å². The largest absolute Gasteiger partial charge is 0.465 e. The van der Waals surface area contributed by atoms with Crippen LogP contribution in [0.1, 0.15) is 21.5 Å². The number of carbonyl (C=O) groups is 1. The van der Waals surface area contributed by atoms with Crippen molar-refractivity contribution >= 4 is 11.7 Å². The molecule has 0 aliphatic heterocycles. The number of methoxy groups -OCH3 is 1. The molecule has 0 fully saturated rings. The molecular formula is C10H13NO2. The van der Waals surface area contributed by atoms with Crippen LogP contribution in [0, 0.1) is 13.8 Å². The van der Waals surface area contributed by atoms with Crippen LogP contribution < -0.4 is 5.73 Å². The van der Waals surface area contributed by atoms with Crippen molar-refractivity contribution in [3.63, 3.8) is 0 Å². The van der Waals surface area contributed by atoms with Crippen molar-refractivity contribution in [2.75, 3.05) is 12.8 Å². The molecule has 70 valence electrons. The number of ether oxygens (including phenoxy) is 1. The van der Waals surface area contributed by atoms with Crippen molar-refractivity contribution in [1.29, 1.82) is 0 Å². The van der Waals surface area contributed by atoms with E-state index in [4.69, 9.17) is 5.73 Å². The third kappa shape index (κ3) is 1.80. The number of carbonyl (C=O) groups excluding carboxylic acids is 1. The topological polar surface area (TPSA) is 52.3 Å². The van der Waals surface area contributed by atoms with Crippen LogP contribution in [-0.4, -0.2) is 13.1 Å². The summed E-state index contributed by atoms with van der Waals surface area (Å²) in [5.41, 5.74) is 8.66. The lowest BCUT2D eigenvalue weighted by atomic mass is 10.0. The number of hydrogen-bond donors (Lipinski definition) is 1. The zero-order chi connectivity index (χ0) is 10.0. The molecule has 1 aromatic rings. The van der Waals surface area contributed by atoms with E-state index in [1.54, 1.807) is 6.07 Å². The predicted octanol–water partition coefficient (Wildman–Crippen LogP) is 1.67. The number of anilines is 1. The fraction of sp³-hybridized carbons (Fsp3) is 0.300. The van der Waals surface area contributed by atoms with E-state index in [1.807, 2.05) is 19.9 Å². The monoisotopic (exact) mass is 179 g/mol. The molecule has 3 nitrogen and oxygen atoms in total. The molecule has 2 N–H and O–H groups in total. The summed E-state index contributed by atoms with van der Waals surface area (Å²) >= 11 is 0. The van der Waals surface area contributed by atoms with Gasteiger partial charge in [-0.15, -0.1) is 0 Å². The number of benzene rings is 1. The Morgan fingerprint density at radius 2 is 2.00 bits per heavy atom. The van der Waals surface area contributed by atoms with Crippen LogP contribution in [0.2, 0.25) is 0 Å². The Morgan fingerprint density at radius 1 is 1.38 bits per heavy atom. The highest BCUT2D eigenvalue weighted by molar-refractivity contribution is 5.92. The van der Waals surface area contributed by atoms with Crippen LogP contribution in [0.5, 0.6) is 0 Å². The van der Waals surface area contributed by atoms with Crippen LogP contribution >= 0.6 is 0 Å². The van der Waals surface area contributed by atoms with Gasteiger partial charge in [0.25, 0.3) is 0 Å². The third-order valence-corrected chi connectivity index (χ3v) is 2.09. The van der Waals surface area contributed by atoms with Gasteiger partial charge in [-0.3, -0.25) is 0 Å². The second-order valence-electron chi connectivity index (χ2n) is 3.00. The van der Waals surface area contributed by atoms with Gasteiger partial charge < -0.3 is 10.5 Å². The van der Waals surface area contributed by atoms with Crippen molar-refractivity contribution < 1.29 is 9.53 Å². The molecule has 13 heavy (non-hydrogen) atoms. The highest BCUT2D eigenvalue weighted by atomic mass is 16.5. The number of rotatable bonds is 1. The molecule has 0 amide bonds. The molecule has 0 saturated heterocycles. The van der Waals surface area contributed by atoms with Crippen molar-refractivity contribution in [3.8, 4) is 0 Å². The molecule has 3 heteroatoms. The van der Waals surface area contributed by atoms with E-state index in [0.29, 0.717) is 11.3 Å². The Morgan fingerprint density at radius 3 is 2.54 bits per heavy atom. The van der Waals surface area contributed by atoms with E-state index in [9.17, 15) is 4.79 Å². The molecule has 0 atom stereocenters. The number of aryl methyl sites for hydroxylation is 1. The Balaban J connectivity index is 3.28. The van der Waals surface area contributed by atoms with Crippen molar-refractivity contribution in [3.05, 3.63) is 28.8 Å². The number of esters is 1.